The van der Waals surface area contributed by atoms with Crippen LogP contribution < -0.4 is 14.9 Å². The van der Waals surface area contributed by atoms with Gasteiger partial charge in [-0.05, 0) is 37.6 Å². The van der Waals surface area contributed by atoms with Gasteiger partial charge in [0.1, 0.15) is 6.61 Å². The lowest BCUT2D eigenvalue weighted by Crippen LogP contribution is -2.19. The highest BCUT2D eigenvalue weighted by Crippen LogP contribution is 2.35. The average molecular weight is 419 g/mol. The molecule has 28 heavy (non-hydrogen) atoms. The lowest BCUT2D eigenvalue weighted by molar-refractivity contribution is -0.118. The minimum absolute atomic E-state index is 0.0709. The summed E-state index contributed by atoms with van der Waals surface area (Å²) in [6.07, 6.45) is 6.64. The van der Waals surface area contributed by atoms with E-state index in [-0.39, 0.29) is 18.3 Å². The van der Waals surface area contributed by atoms with Crippen molar-refractivity contribution in [2.75, 3.05) is 19.5 Å². The number of hydrogen-bond acceptors (Lipinski definition) is 7. The van der Waals surface area contributed by atoms with Crippen LogP contribution in [0, 0.1) is 26.2 Å². The van der Waals surface area contributed by atoms with Gasteiger partial charge in [0.15, 0.2) is 16.7 Å². The number of amides is 1. The first kappa shape index (κ1) is 21.5. The van der Waals surface area contributed by atoms with Crippen molar-refractivity contribution in [3.8, 4) is 23.8 Å². The predicted octanol–water partition coefficient (Wildman–Crippen LogP) is 3.01. The van der Waals surface area contributed by atoms with Crippen LogP contribution in [0.15, 0.2) is 28.5 Å². The number of hydrazone groups is 1. The summed E-state index contributed by atoms with van der Waals surface area (Å²) in [4.78, 5) is 20.5. The number of terminal acetylenes is 1. The van der Waals surface area contributed by atoms with E-state index in [1.807, 2.05) is 19.9 Å². The van der Waals surface area contributed by atoms with Crippen LogP contribution in [0.5, 0.6) is 11.5 Å². The van der Waals surface area contributed by atoms with Gasteiger partial charge in [0.25, 0.3) is 5.91 Å². The van der Waals surface area contributed by atoms with Gasteiger partial charge >= 0.3 is 0 Å². The summed E-state index contributed by atoms with van der Waals surface area (Å²) in [5.74, 6) is 2.99. The van der Waals surface area contributed by atoms with E-state index in [4.69, 9.17) is 27.5 Å². The standard InChI is InChI=1S/C19H19ClN4O3S/c1-5-6-27-18-15(20)8-14(9-16(18)26-4)10-21-24-17(25)11-28-19-22-12(2)7-13(3)23-19/h1,7-10H,6,11H2,2-4H3,(H,24,25). The maximum atomic E-state index is 11.9. The SMILES string of the molecule is C#CCOc1c(Cl)cc(C=NNC(=O)CSc2nc(C)cc(C)n2)cc1OC. The quantitative estimate of drug-likeness (QED) is 0.233. The molecule has 0 saturated carbocycles. The summed E-state index contributed by atoms with van der Waals surface area (Å²) in [5, 5.41) is 4.81. The number of nitrogens with zero attached hydrogens (tertiary/aromatic N) is 3. The number of methoxy groups -OCH3 is 1. The molecule has 0 radical (unpaired) electrons. The highest BCUT2D eigenvalue weighted by molar-refractivity contribution is 7.99. The summed E-state index contributed by atoms with van der Waals surface area (Å²) in [5.41, 5.74) is 4.79. The molecule has 2 aromatic rings. The summed E-state index contributed by atoms with van der Waals surface area (Å²) in [7, 11) is 1.49. The number of ether oxygens (including phenoxy) is 2. The molecule has 0 aliphatic carbocycles. The fourth-order valence-corrected chi connectivity index (χ4v) is 3.18. The van der Waals surface area contributed by atoms with E-state index < -0.39 is 0 Å². The molecule has 146 valence electrons. The predicted molar refractivity (Wildman–Crippen MR) is 110 cm³/mol. The monoisotopic (exact) mass is 418 g/mol. The Balaban J connectivity index is 1.95. The molecule has 2 rings (SSSR count). The van der Waals surface area contributed by atoms with Gasteiger partial charge in [-0.2, -0.15) is 5.10 Å². The van der Waals surface area contributed by atoms with E-state index in [1.54, 1.807) is 12.1 Å². The first-order valence-corrected chi connectivity index (χ1v) is 9.50. The van der Waals surface area contributed by atoms with E-state index in [1.165, 1.54) is 25.1 Å². The Morgan fingerprint density at radius 2 is 2.07 bits per heavy atom. The molecule has 1 heterocycles. The van der Waals surface area contributed by atoms with Crippen molar-refractivity contribution in [1.29, 1.82) is 0 Å². The number of hydrogen-bond donors (Lipinski definition) is 1. The van der Waals surface area contributed by atoms with Crippen molar-refractivity contribution in [2.45, 2.75) is 19.0 Å². The average Bonchev–Trinajstić information content (AvgIpc) is 2.64. The van der Waals surface area contributed by atoms with Gasteiger partial charge in [-0.25, -0.2) is 15.4 Å². The van der Waals surface area contributed by atoms with E-state index >= 15 is 0 Å². The number of nitrogens with one attached hydrogen (secondary N) is 1. The summed E-state index contributed by atoms with van der Waals surface area (Å²) >= 11 is 7.43. The fraction of sp³-hybridized carbons (Fsp3) is 0.263. The van der Waals surface area contributed by atoms with Crippen molar-refractivity contribution in [3.05, 3.63) is 40.2 Å². The molecule has 0 spiro atoms. The third-order valence-corrected chi connectivity index (χ3v) is 4.38. The van der Waals surface area contributed by atoms with Crippen molar-refractivity contribution in [1.82, 2.24) is 15.4 Å². The van der Waals surface area contributed by atoms with E-state index in [0.29, 0.717) is 27.2 Å². The van der Waals surface area contributed by atoms with Gasteiger partial charge in [-0.15, -0.1) is 6.42 Å². The van der Waals surface area contributed by atoms with Crippen LogP contribution in [0.25, 0.3) is 0 Å². The number of aryl methyl sites for hydroxylation is 2. The van der Waals surface area contributed by atoms with Crippen LogP contribution in [0.2, 0.25) is 5.02 Å². The van der Waals surface area contributed by atoms with Gasteiger partial charge in [0.05, 0.1) is 24.1 Å². The first-order valence-electron chi connectivity index (χ1n) is 8.13. The number of aromatic nitrogens is 2. The van der Waals surface area contributed by atoms with Crippen molar-refractivity contribution in [2.24, 2.45) is 5.10 Å². The number of carbonyl (C=O) groups is 1. The lowest BCUT2D eigenvalue weighted by atomic mass is 10.2. The van der Waals surface area contributed by atoms with Gasteiger partial charge < -0.3 is 9.47 Å². The Morgan fingerprint density at radius 1 is 1.36 bits per heavy atom. The van der Waals surface area contributed by atoms with Crippen LogP contribution in [0.3, 0.4) is 0 Å². The molecule has 0 bridgehead atoms. The summed E-state index contributed by atoms with van der Waals surface area (Å²) < 4.78 is 10.6. The molecule has 0 aliphatic heterocycles. The summed E-state index contributed by atoms with van der Waals surface area (Å²) in [6.45, 7) is 3.83. The molecule has 0 fully saturated rings. The van der Waals surface area contributed by atoms with Crippen LogP contribution >= 0.6 is 23.4 Å². The minimum Gasteiger partial charge on any atom is -0.493 e. The Kier molecular flexibility index (Phi) is 8.11. The lowest BCUT2D eigenvalue weighted by Gasteiger charge is -2.11. The fourth-order valence-electron chi connectivity index (χ4n) is 2.17. The maximum absolute atomic E-state index is 11.9. The Morgan fingerprint density at radius 3 is 2.71 bits per heavy atom. The molecule has 1 aromatic carbocycles. The smallest absolute Gasteiger partial charge is 0.250 e. The first-order chi connectivity index (χ1) is 13.4. The molecule has 7 nitrogen and oxygen atoms in total. The molecular weight excluding hydrogens is 400 g/mol. The van der Waals surface area contributed by atoms with Crippen LogP contribution in [0.4, 0.5) is 0 Å². The largest absolute Gasteiger partial charge is 0.493 e. The highest BCUT2D eigenvalue weighted by Gasteiger charge is 2.11. The highest BCUT2D eigenvalue weighted by atomic mass is 35.5. The number of carbonyl (C=O) groups excluding carboxylic acids is 1. The maximum Gasteiger partial charge on any atom is 0.250 e. The molecule has 0 atom stereocenters. The van der Waals surface area contributed by atoms with E-state index in [2.05, 4.69) is 26.4 Å². The minimum atomic E-state index is -0.281. The van der Waals surface area contributed by atoms with Gasteiger partial charge in [-0.3, -0.25) is 4.79 Å². The molecule has 1 aromatic heterocycles. The third-order valence-electron chi connectivity index (χ3n) is 3.25. The van der Waals surface area contributed by atoms with E-state index in [0.717, 1.165) is 11.4 Å². The van der Waals surface area contributed by atoms with E-state index in [9.17, 15) is 4.79 Å². The van der Waals surface area contributed by atoms with Gasteiger partial charge in [0.2, 0.25) is 0 Å². The van der Waals surface area contributed by atoms with Gasteiger partial charge in [0, 0.05) is 11.4 Å². The zero-order valence-corrected chi connectivity index (χ0v) is 17.2. The Labute approximate surface area is 172 Å². The Bertz CT molecular complexity index is 908. The molecule has 0 unspecified atom stereocenters. The Hall–Kier alpha value is -2.76. The summed E-state index contributed by atoms with van der Waals surface area (Å²) in [6, 6.07) is 5.17. The third kappa shape index (κ3) is 6.44. The van der Waals surface area contributed by atoms with Crippen molar-refractivity contribution >= 4 is 35.5 Å². The number of rotatable bonds is 8. The van der Waals surface area contributed by atoms with Crippen LogP contribution in [0.1, 0.15) is 17.0 Å². The zero-order chi connectivity index (χ0) is 20.5. The molecule has 1 amide bonds. The second-order valence-corrected chi connectivity index (χ2v) is 6.89. The molecule has 9 heteroatoms. The number of benzene rings is 1. The topological polar surface area (TPSA) is 85.7 Å². The molecule has 1 N–H and O–H groups in total. The van der Waals surface area contributed by atoms with Crippen LogP contribution in [-0.2, 0) is 4.79 Å². The molecule has 0 aliphatic rings. The zero-order valence-electron chi connectivity index (χ0n) is 15.7. The van der Waals surface area contributed by atoms with Crippen molar-refractivity contribution in [3.63, 3.8) is 0 Å². The normalized spacial score (nSPS) is 10.5. The number of thioether (sulfide) groups is 1. The molecule has 0 saturated heterocycles. The second-order valence-electron chi connectivity index (χ2n) is 5.54. The van der Waals surface area contributed by atoms with Gasteiger partial charge in [-0.1, -0.05) is 29.3 Å². The second kappa shape index (κ2) is 10.5. The van der Waals surface area contributed by atoms with Crippen LogP contribution in [-0.4, -0.2) is 41.6 Å². The van der Waals surface area contributed by atoms with Crippen molar-refractivity contribution < 1.29 is 14.3 Å². The molecular formula is C19H19ClN4O3S. The number of halogens is 1.